The van der Waals surface area contributed by atoms with Crippen molar-refractivity contribution in [1.29, 1.82) is 0 Å². The van der Waals surface area contributed by atoms with Crippen LogP contribution in [0.2, 0.25) is 0 Å². The molecule has 0 bridgehead atoms. The van der Waals surface area contributed by atoms with Gasteiger partial charge in [-0.3, -0.25) is 19.5 Å². The largest absolute Gasteiger partial charge is 0.341 e. The average Bonchev–Trinajstić information content (AvgIpc) is 2.87. The number of aromatic nitrogens is 1. The third kappa shape index (κ3) is 3.72. The number of pyridine rings is 1. The van der Waals surface area contributed by atoms with Gasteiger partial charge in [0.1, 0.15) is 6.54 Å². The van der Waals surface area contributed by atoms with Gasteiger partial charge < -0.3 is 10.2 Å². The number of carbonyl (C=O) groups is 3. The number of hydrogen-bond acceptors (Lipinski definition) is 4. The Morgan fingerprint density at radius 3 is 2.92 bits per heavy atom. The van der Waals surface area contributed by atoms with E-state index in [0.29, 0.717) is 19.0 Å². The molecule has 1 N–H and O–H groups in total. The van der Waals surface area contributed by atoms with E-state index in [1.807, 2.05) is 25.1 Å². The van der Waals surface area contributed by atoms with Crippen LogP contribution < -0.4 is 5.32 Å². The second-order valence-electron chi connectivity index (χ2n) is 6.46. The van der Waals surface area contributed by atoms with E-state index in [1.165, 1.54) is 0 Å². The smallest absolute Gasteiger partial charge is 0.325 e. The molecule has 3 rings (SSSR count). The summed E-state index contributed by atoms with van der Waals surface area (Å²) in [7, 11) is 0. The summed E-state index contributed by atoms with van der Waals surface area (Å²) in [5.41, 5.74) is 2.04. The van der Waals surface area contributed by atoms with Gasteiger partial charge in [-0.25, -0.2) is 4.79 Å². The maximum absolute atomic E-state index is 12.4. The molecular weight excluding hydrogens is 308 g/mol. The molecule has 24 heavy (non-hydrogen) atoms. The zero-order valence-electron chi connectivity index (χ0n) is 13.8. The Labute approximate surface area is 141 Å². The van der Waals surface area contributed by atoms with Crippen molar-refractivity contribution < 1.29 is 14.4 Å². The lowest BCUT2D eigenvalue weighted by atomic mass is 9.93. The SMILES string of the molecule is Cc1cccc(C[C@@H]2CCCN(C(=O)CN3C(=O)CNC3=O)C2)n1. The van der Waals surface area contributed by atoms with Crippen molar-refractivity contribution in [3.63, 3.8) is 0 Å². The number of imide groups is 1. The van der Waals surface area contributed by atoms with Crippen molar-refractivity contribution in [2.45, 2.75) is 26.2 Å². The molecule has 128 valence electrons. The molecule has 7 nitrogen and oxygen atoms in total. The summed E-state index contributed by atoms with van der Waals surface area (Å²) in [6.45, 7) is 3.12. The standard InChI is InChI=1S/C17H22N4O3/c1-12-4-2-6-14(19-12)8-13-5-3-7-20(10-13)16(23)11-21-15(22)9-18-17(21)24/h2,4,6,13H,3,5,7-11H2,1H3,(H,18,24)/t13-/m0/s1. The lowest BCUT2D eigenvalue weighted by Gasteiger charge is -2.33. The molecule has 0 radical (unpaired) electrons. The summed E-state index contributed by atoms with van der Waals surface area (Å²) in [5, 5.41) is 2.43. The van der Waals surface area contributed by atoms with Gasteiger partial charge in [-0.2, -0.15) is 0 Å². The van der Waals surface area contributed by atoms with E-state index < -0.39 is 6.03 Å². The highest BCUT2D eigenvalue weighted by Gasteiger charge is 2.33. The van der Waals surface area contributed by atoms with Crippen molar-refractivity contribution in [3.8, 4) is 0 Å². The summed E-state index contributed by atoms with van der Waals surface area (Å²) < 4.78 is 0. The molecular formula is C17H22N4O3. The summed E-state index contributed by atoms with van der Waals surface area (Å²) in [6.07, 6.45) is 2.83. The number of nitrogens with zero attached hydrogens (tertiary/aromatic N) is 3. The Bertz CT molecular complexity index is 645. The van der Waals surface area contributed by atoms with Gasteiger partial charge in [-0.05, 0) is 44.2 Å². The highest BCUT2D eigenvalue weighted by molar-refractivity contribution is 6.04. The Hall–Kier alpha value is -2.44. The van der Waals surface area contributed by atoms with Crippen molar-refractivity contribution in [3.05, 3.63) is 29.6 Å². The van der Waals surface area contributed by atoms with Crippen LogP contribution in [0.4, 0.5) is 4.79 Å². The minimum absolute atomic E-state index is 0.0201. The van der Waals surface area contributed by atoms with Crippen LogP contribution >= 0.6 is 0 Å². The number of aryl methyl sites for hydroxylation is 1. The Kier molecular flexibility index (Phi) is 4.78. The number of rotatable bonds is 4. The number of carbonyl (C=O) groups excluding carboxylic acids is 3. The van der Waals surface area contributed by atoms with Crippen LogP contribution in [-0.4, -0.2) is 58.8 Å². The Morgan fingerprint density at radius 2 is 2.21 bits per heavy atom. The third-order valence-corrected chi connectivity index (χ3v) is 4.55. The molecule has 2 aliphatic heterocycles. The number of likely N-dealkylation sites (tertiary alicyclic amines) is 1. The molecule has 3 heterocycles. The Morgan fingerprint density at radius 1 is 1.38 bits per heavy atom. The molecule has 4 amide bonds. The monoisotopic (exact) mass is 330 g/mol. The first kappa shape index (κ1) is 16.4. The van der Waals surface area contributed by atoms with Crippen LogP contribution in [0.25, 0.3) is 0 Å². The molecule has 0 aromatic carbocycles. The minimum Gasteiger partial charge on any atom is -0.341 e. The van der Waals surface area contributed by atoms with E-state index in [0.717, 1.165) is 35.6 Å². The summed E-state index contributed by atoms with van der Waals surface area (Å²) in [4.78, 5) is 42.9. The van der Waals surface area contributed by atoms with Crippen LogP contribution in [0.1, 0.15) is 24.2 Å². The van der Waals surface area contributed by atoms with E-state index in [1.54, 1.807) is 4.90 Å². The van der Waals surface area contributed by atoms with Crippen LogP contribution in [0.15, 0.2) is 18.2 Å². The van der Waals surface area contributed by atoms with Crippen LogP contribution in [0, 0.1) is 12.8 Å². The van der Waals surface area contributed by atoms with Gasteiger partial charge in [0.25, 0.3) is 5.91 Å². The molecule has 1 atom stereocenters. The highest BCUT2D eigenvalue weighted by atomic mass is 16.2. The van der Waals surface area contributed by atoms with Crippen LogP contribution in [0.3, 0.4) is 0 Å². The van der Waals surface area contributed by atoms with Crippen molar-refractivity contribution >= 4 is 17.8 Å². The lowest BCUT2D eigenvalue weighted by molar-refractivity contribution is -0.137. The van der Waals surface area contributed by atoms with Gasteiger partial charge in [0, 0.05) is 24.5 Å². The molecule has 2 aliphatic rings. The fourth-order valence-electron chi connectivity index (χ4n) is 3.32. The van der Waals surface area contributed by atoms with Gasteiger partial charge in [-0.15, -0.1) is 0 Å². The number of amides is 4. The van der Waals surface area contributed by atoms with E-state index in [9.17, 15) is 14.4 Å². The first-order valence-corrected chi connectivity index (χ1v) is 8.31. The summed E-state index contributed by atoms with van der Waals surface area (Å²) in [5.74, 6) is -0.145. The molecule has 1 aromatic rings. The van der Waals surface area contributed by atoms with E-state index in [4.69, 9.17) is 0 Å². The van der Waals surface area contributed by atoms with E-state index in [-0.39, 0.29) is 24.9 Å². The molecule has 2 saturated heterocycles. The maximum Gasteiger partial charge on any atom is 0.325 e. The van der Waals surface area contributed by atoms with Gasteiger partial charge in [-0.1, -0.05) is 6.07 Å². The average molecular weight is 330 g/mol. The number of urea groups is 1. The molecule has 0 unspecified atom stereocenters. The van der Waals surface area contributed by atoms with E-state index >= 15 is 0 Å². The van der Waals surface area contributed by atoms with Gasteiger partial charge >= 0.3 is 6.03 Å². The predicted octanol–water partition coefficient (Wildman–Crippen LogP) is 0.723. The van der Waals surface area contributed by atoms with Crippen molar-refractivity contribution in [2.24, 2.45) is 5.92 Å². The van der Waals surface area contributed by atoms with Gasteiger partial charge in [0.2, 0.25) is 5.91 Å². The van der Waals surface area contributed by atoms with Crippen LogP contribution in [-0.2, 0) is 16.0 Å². The lowest BCUT2D eigenvalue weighted by Crippen LogP contribution is -2.47. The molecule has 0 spiro atoms. The molecule has 2 fully saturated rings. The fourth-order valence-corrected chi connectivity index (χ4v) is 3.32. The molecule has 7 heteroatoms. The Balaban J connectivity index is 1.57. The second kappa shape index (κ2) is 6.98. The number of hydrogen-bond donors (Lipinski definition) is 1. The molecule has 0 saturated carbocycles. The maximum atomic E-state index is 12.4. The zero-order chi connectivity index (χ0) is 17.1. The third-order valence-electron chi connectivity index (χ3n) is 4.55. The quantitative estimate of drug-likeness (QED) is 0.825. The summed E-state index contributed by atoms with van der Waals surface area (Å²) in [6, 6.07) is 5.51. The second-order valence-corrected chi connectivity index (χ2v) is 6.46. The first-order valence-electron chi connectivity index (χ1n) is 8.31. The summed E-state index contributed by atoms with van der Waals surface area (Å²) >= 11 is 0. The topological polar surface area (TPSA) is 82.6 Å². The minimum atomic E-state index is -0.481. The van der Waals surface area contributed by atoms with Gasteiger partial charge in [0.05, 0.1) is 6.54 Å². The fraction of sp³-hybridized carbons (Fsp3) is 0.529. The van der Waals surface area contributed by atoms with Crippen molar-refractivity contribution in [1.82, 2.24) is 20.1 Å². The van der Waals surface area contributed by atoms with E-state index in [2.05, 4.69) is 10.3 Å². The number of piperidine rings is 1. The zero-order valence-corrected chi connectivity index (χ0v) is 13.8. The molecule has 0 aliphatic carbocycles. The molecule has 1 aromatic heterocycles. The first-order chi connectivity index (χ1) is 11.5. The normalized spacial score (nSPS) is 21.1. The predicted molar refractivity (Wildman–Crippen MR) is 87.1 cm³/mol. The van der Waals surface area contributed by atoms with Gasteiger partial charge in [0.15, 0.2) is 0 Å². The highest BCUT2D eigenvalue weighted by Crippen LogP contribution is 2.20. The van der Waals surface area contributed by atoms with Crippen molar-refractivity contribution in [2.75, 3.05) is 26.2 Å². The van der Waals surface area contributed by atoms with Crippen LogP contribution in [0.5, 0.6) is 0 Å². The number of nitrogens with one attached hydrogen (secondary N) is 1.